The van der Waals surface area contributed by atoms with Crippen LogP contribution in [0.3, 0.4) is 0 Å². The van der Waals surface area contributed by atoms with E-state index in [9.17, 15) is 0 Å². The summed E-state index contributed by atoms with van der Waals surface area (Å²) in [5, 5.41) is 14.9. The lowest BCUT2D eigenvalue weighted by Gasteiger charge is -2.17. The summed E-state index contributed by atoms with van der Waals surface area (Å²) in [7, 11) is 0. The number of nitrogens with two attached hydrogens (primary N) is 1. The molecule has 0 radical (unpaired) electrons. The molecule has 1 atom stereocenters. The molecule has 0 saturated heterocycles. The molecule has 0 aliphatic heterocycles. The summed E-state index contributed by atoms with van der Waals surface area (Å²) in [4.78, 5) is 0. The fourth-order valence-electron chi connectivity index (χ4n) is 2.01. The second kappa shape index (κ2) is 2.71. The molecular formula is C8H10N6. The van der Waals surface area contributed by atoms with Gasteiger partial charge in [-0.3, -0.25) is 0 Å². The van der Waals surface area contributed by atoms with Gasteiger partial charge in [0.2, 0.25) is 0 Å². The van der Waals surface area contributed by atoms with Crippen LogP contribution in [0.25, 0.3) is 5.65 Å². The van der Waals surface area contributed by atoms with E-state index in [4.69, 9.17) is 5.73 Å². The van der Waals surface area contributed by atoms with Crippen molar-refractivity contribution in [1.29, 1.82) is 0 Å². The number of rotatable bonds is 0. The van der Waals surface area contributed by atoms with Crippen molar-refractivity contribution in [3.63, 3.8) is 0 Å². The molecule has 1 aliphatic carbocycles. The maximum absolute atomic E-state index is 5.91. The van der Waals surface area contributed by atoms with Crippen LogP contribution in [0.5, 0.6) is 0 Å². The molecule has 1 unspecified atom stereocenters. The highest BCUT2D eigenvalue weighted by Gasteiger charge is 2.20. The van der Waals surface area contributed by atoms with E-state index >= 15 is 0 Å². The SMILES string of the molecule is NC1CCc2cn3nnnnc3c2C1. The lowest BCUT2D eigenvalue weighted by molar-refractivity contribution is 0.580. The van der Waals surface area contributed by atoms with Crippen molar-refractivity contribution in [3.8, 4) is 0 Å². The lowest BCUT2D eigenvalue weighted by atomic mass is 9.92. The summed E-state index contributed by atoms with van der Waals surface area (Å²) in [6, 6.07) is 0.240. The quantitative estimate of drug-likeness (QED) is 0.596. The fraction of sp³-hybridized carbons (Fsp3) is 0.500. The summed E-state index contributed by atoms with van der Waals surface area (Å²) in [5.41, 5.74) is 9.17. The van der Waals surface area contributed by atoms with Gasteiger partial charge in [-0.15, -0.1) is 5.10 Å². The fourth-order valence-corrected chi connectivity index (χ4v) is 2.01. The molecule has 3 rings (SSSR count). The van der Waals surface area contributed by atoms with E-state index in [1.54, 1.807) is 4.52 Å². The van der Waals surface area contributed by atoms with Gasteiger partial charge in [0.05, 0.1) is 0 Å². The van der Waals surface area contributed by atoms with E-state index in [0.717, 1.165) is 24.9 Å². The van der Waals surface area contributed by atoms with E-state index in [1.807, 2.05) is 6.20 Å². The van der Waals surface area contributed by atoms with Crippen molar-refractivity contribution >= 4 is 5.65 Å². The Morgan fingerprint density at radius 1 is 1.43 bits per heavy atom. The number of fused-ring (bicyclic) bond motifs is 3. The number of nitrogens with zero attached hydrogens (tertiary/aromatic N) is 5. The predicted octanol–water partition coefficient (Wildman–Crippen LogP) is -0.665. The van der Waals surface area contributed by atoms with Crippen molar-refractivity contribution in [1.82, 2.24) is 25.3 Å². The van der Waals surface area contributed by atoms with Crippen molar-refractivity contribution < 1.29 is 0 Å². The minimum absolute atomic E-state index is 0.240. The van der Waals surface area contributed by atoms with E-state index < -0.39 is 0 Å². The average Bonchev–Trinajstić information content (AvgIpc) is 2.56. The van der Waals surface area contributed by atoms with Gasteiger partial charge in [-0.25, -0.2) is 4.52 Å². The molecule has 0 saturated carbocycles. The Balaban J connectivity index is 2.25. The normalized spacial score (nSPS) is 21.1. The Morgan fingerprint density at radius 2 is 2.36 bits per heavy atom. The minimum atomic E-state index is 0.240. The van der Waals surface area contributed by atoms with Crippen LogP contribution in [0.1, 0.15) is 17.5 Å². The van der Waals surface area contributed by atoms with Crippen LogP contribution in [0.4, 0.5) is 0 Å². The molecule has 2 N–H and O–H groups in total. The Kier molecular flexibility index (Phi) is 1.51. The molecule has 6 heteroatoms. The molecule has 1 aliphatic rings. The number of aromatic nitrogens is 5. The number of hydrogen-bond acceptors (Lipinski definition) is 5. The van der Waals surface area contributed by atoms with Crippen molar-refractivity contribution in [2.45, 2.75) is 25.3 Å². The molecule has 0 amide bonds. The Morgan fingerprint density at radius 3 is 3.29 bits per heavy atom. The van der Waals surface area contributed by atoms with Gasteiger partial charge in [0.1, 0.15) is 0 Å². The third kappa shape index (κ3) is 1.00. The molecule has 0 spiro atoms. The summed E-state index contributed by atoms with van der Waals surface area (Å²) >= 11 is 0. The molecule has 0 bridgehead atoms. The lowest BCUT2D eigenvalue weighted by Crippen LogP contribution is -2.27. The third-order valence-electron chi connectivity index (χ3n) is 2.72. The van der Waals surface area contributed by atoms with Crippen LogP contribution in [-0.4, -0.2) is 31.3 Å². The van der Waals surface area contributed by atoms with E-state index in [0.29, 0.717) is 0 Å². The van der Waals surface area contributed by atoms with E-state index in [1.165, 1.54) is 11.1 Å². The molecule has 0 aromatic carbocycles. The first-order valence-electron chi connectivity index (χ1n) is 4.65. The standard InChI is InChI=1S/C8H10N6/c9-6-2-1-5-4-14-8(7(5)3-6)10-11-12-13-14/h4,6H,1-3,9H2. The Labute approximate surface area is 80.1 Å². The van der Waals surface area contributed by atoms with Crippen LogP contribution in [0.2, 0.25) is 0 Å². The largest absolute Gasteiger partial charge is 0.327 e. The van der Waals surface area contributed by atoms with Gasteiger partial charge in [0.15, 0.2) is 5.65 Å². The first kappa shape index (κ1) is 7.81. The highest BCUT2D eigenvalue weighted by atomic mass is 15.5. The first-order chi connectivity index (χ1) is 6.84. The highest BCUT2D eigenvalue weighted by Crippen LogP contribution is 2.23. The van der Waals surface area contributed by atoms with Crippen LogP contribution in [0, 0.1) is 0 Å². The molecule has 6 nitrogen and oxygen atoms in total. The van der Waals surface area contributed by atoms with Gasteiger partial charge < -0.3 is 5.73 Å². The van der Waals surface area contributed by atoms with Crippen LogP contribution in [0.15, 0.2) is 6.20 Å². The molecule has 2 aromatic rings. The summed E-state index contributed by atoms with van der Waals surface area (Å²) in [6.45, 7) is 0. The second-order valence-electron chi connectivity index (χ2n) is 3.67. The second-order valence-corrected chi connectivity index (χ2v) is 3.67. The van der Waals surface area contributed by atoms with Crippen LogP contribution in [-0.2, 0) is 12.8 Å². The maximum Gasteiger partial charge on any atom is 0.182 e. The molecule has 72 valence electrons. The van der Waals surface area contributed by atoms with Gasteiger partial charge in [0, 0.05) is 17.8 Å². The minimum Gasteiger partial charge on any atom is -0.327 e. The number of hydrogen-bond donors (Lipinski definition) is 1. The van der Waals surface area contributed by atoms with E-state index in [2.05, 4.69) is 20.7 Å². The zero-order chi connectivity index (χ0) is 9.54. The Hall–Kier alpha value is -1.56. The van der Waals surface area contributed by atoms with Gasteiger partial charge in [-0.05, 0) is 40.5 Å². The van der Waals surface area contributed by atoms with E-state index in [-0.39, 0.29) is 6.04 Å². The number of aryl methyl sites for hydroxylation is 1. The van der Waals surface area contributed by atoms with Crippen molar-refractivity contribution in [2.75, 3.05) is 0 Å². The average molecular weight is 190 g/mol. The Bertz CT molecular complexity index is 476. The maximum atomic E-state index is 5.91. The molecule has 2 aromatic heterocycles. The molecular weight excluding hydrogens is 180 g/mol. The van der Waals surface area contributed by atoms with Crippen LogP contribution >= 0.6 is 0 Å². The van der Waals surface area contributed by atoms with Crippen molar-refractivity contribution in [3.05, 3.63) is 17.3 Å². The molecule has 0 fully saturated rings. The smallest absolute Gasteiger partial charge is 0.182 e. The monoisotopic (exact) mass is 190 g/mol. The van der Waals surface area contributed by atoms with Gasteiger partial charge in [-0.1, -0.05) is 0 Å². The van der Waals surface area contributed by atoms with Crippen LogP contribution < -0.4 is 5.73 Å². The molecule has 2 heterocycles. The van der Waals surface area contributed by atoms with Crippen molar-refractivity contribution in [2.24, 2.45) is 5.73 Å². The first-order valence-corrected chi connectivity index (χ1v) is 4.65. The van der Waals surface area contributed by atoms with Gasteiger partial charge in [0.25, 0.3) is 0 Å². The van der Waals surface area contributed by atoms with Gasteiger partial charge >= 0.3 is 0 Å². The van der Waals surface area contributed by atoms with Gasteiger partial charge in [-0.2, -0.15) is 0 Å². The zero-order valence-electron chi connectivity index (χ0n) is 7.59. The summed E-state index contributed by atoms with van der Waals surface area (Å²) < 4.78 is 1.68. The molecule has 14 heavy (non-hydrogen) atoms. The summed E-state index contributed by atoms with van der Waals surface area (Å²) in [6.07, 6.45) is 4.87. The third-order valence-corrected chi connectivity index (χ3v) is 2.72. The highest BCUT2D eigenvalue weighted by molar-refractivity contribution is 5.52. The summed E-state index contributed by atoms with van der Waals surface area (Å²) in [5.74, 6) is 0. The zero-order valence-corrected chi connectivity index (χ0v) is 7.59. The topological polar surface area (TPSA) is 82.0 Å². The predicted molar refractivity (Wildman–Crippen MR) is 48.6 cm³/mol.